The molecule has 0 radical (unpaired) electrons. The Morgan fingerprint density at radius 3 is 2.69 bits per heavy atom. The van der Waals surface area contributed by atoms with E-state index in [1.807, 2.05) is 36.5 Å². The molecule has 6 heteroatoms. The molecule has 0 aliphatic rings. The van der Waals surface area contributed by atoms with Gasteiger partial charge in [-0.25, -0.2) is 4.52 Å². The Balaban J connectivity index is 1.88. The lowest BCUT2D eigenvalue weighted by Crippen LogP contribution is -2.09. The molecule has 0 bridgehead atoms. The smallest absolute Gasteiger partial charge is 0.149 e. The van der Waals surface area contributed by atoms with Crippen LogP contribution in [0.2, 0.25) is 0 Å². The molecule has 1 N–H and O–H groups in total. The number of anilines is 1. The van der Waals surface area contributed by atoms with Crippen molar-refractivity contribution in [3.8, 4) is 17.6 Å². The lowest BCUT2D eigenvalue weighted by atomic mass is 10.2. The molecule has 0 saturated heterocycles. The summed E-state index contributed by atoms with van der Waals surface area (Å²) in [5.74, 6) is 1.95. The number of nitrogens with one attached hydrogen (secondary N) is 1. The van der Waals surface area contributed by atoms with E-state index in [0.717, 1.165) is 23.5 Å². The van der Waals surface area contributed by atoms with Crippen LogP contribution in [0.25, 0.3) is 5.52 Å². The second-order valence-electron chi connectivity index (χ2n) is 6.47. The van der Waals surface area contributed by atoms with Gasteiger partial charge in [-0.05, 0) is 23.6 Å². The summed E-state index contributed by atoms with van der Waals surface area (Å²) in [4.78, 5) is 0. The molecule has 3 aromatic rings. The number of hydrogen-bond acceptors (Lipinski definition) is 5. The van der Waals surface area contributed by atoms with Crippen LogP contribution in [0.4, 0.5) is 5.69 Å². The van der Waals surface area contributed by atoms with Gasteiger partial charge < -0.3 is 14.8 Å². The fourth-order valence-electron chi connectivity index (χ4n) is 2.58. The summed E-state index contributed by atoms with van der Waals surface area (Å²) < 4.78 is 12.9. The average molecular weight is 350 g/mol. The Kier molecular flexibility index (Phi) is 5.28. The van der Waals surface area contributed by atoms with Crippen LogP contribution in [0.1, 0.15) is 25.0 Å². The van der Waals surface area contributed by atoms with Gasteiger partial charge in [-0.1, -0.05) is 26.0 Å². The molecular weight excluding hydrogens is 328 g/mol. The van der Waals surface area contributed by atoms with Crippen LogP contribution >= 0.6 is 0 Å². The summed E-state index contributed by atoms with van der Waals surface area (Å²) >= 11 is 0. The molecule has 26 heavy (non-hydrogen) atoms. The van der Waals surface area contributed by atoms with Gasteiger partial charge in [0.15, 0.2) is 0 Å². The Morgan fingerprint density at radius 1 is 1.27 bits per heavy atom. The van der Waals surface area contributed by atoms with Crippen molar-refractivity contribution in [1.29, 1.82) is 5.26 Å². The minimum atomic E-state index is 0.392. The van der Waals surface area contributed by atoms with Crippen LogP contribution in [0.3, 0.4) is 0 Å². The summed E-state index contributed by atoms with van der Waals surface area (Å²) in [6.45, 7) is 5.53. The van der Waals surface area contributed by atoms with Crippen molar-refractivity contribution in [2.24, 2.45) is 5.92 Å². The number of rotatable bonds is 7. The number of methoxy groups -OCH3 is 1. The summed E-state index contributed by atoms with van der Waals surface area (Å²) in [7, 11) is 1.64. The van der Waals surface area contributed by atoms with E-state index in [9.17, 15) is 5.26 Å². The predicted octanol–water partition coefficient (Wildman–Crippen LogP) is 3.86. The average Bonchev–Trinajstić information content (AvgIpc) is 3.08. The number of nitriles is 1. The molecule has 2 aromatic heterocycles. The number of aromatic nitrogens is 2. The Hall–Kier alpha value is -3.20. The topological polar surface area (TPSA) is 71.6 Å². The summed E-state index contributed by atoms with van der Waals surface area (Å²) in [5.41, 5.74) is 3.09. The zero-order chi connectivity index (χ0) is 18.5. The summed E-state index contributed by atoms with van der Waals surface area (Å²) in [5, 5.41) is 17.0. The van der Waals surface area contributed by atoms with Crippen molar-refractivity contribution in [3.05, 3.63) is 53.9 Å². The van der Waals surface area contributed by atoms with Crippen LogP contribution in [0.15, 0.2) is 42.7 Å². The molecule has 3 rings (SSSR count). The molecule has 6 nitrogen and oxygen atoms in total. The quantitative estimate of drug-likeness (QED) is 0.700. The highest BCUT2D eigenvalue weighted by molar-refractivity contribution is 5.72. The minimum Gasteiger partial charge on any atom is -0.497 e. The van der Waals surface area contributed by atoms with Crippen LogP contribution < -0.4 is 14.8 Å². The third-order valence-electron chi connectivity index (χ3n) is 3.97. The van der Waals surface area contributed by atoms with Crippen LogP contribution in [0, 0.1) is 17.2 Å². The van der Waals surface area contributed by atoms with E-state index >= 15 is 0 Å². The first-order valence-electron chi connectivity index (χ1n) is 8.51. The maximum absolute atomic E-state index is 9.35. The van der Waals surface area contributed by atoms with E-state index in [4.69, 9.17) is 9.47 Å². The molecule has 134 valence electrons. The molecule has 0 fully saturated rings. The highest BCUT2D eigenvalue weighted by Crippen LogP contribution is 2.28. The van der Waals surface area contributed by atoms with Crippen molar-refractivity contribution in [2.45, 2.75) is 20.5 Å². The van der Waals surface area contributed by atoms with Gasteiger partial charge in [0, 0.05) is 12.6 Å². The molecule has 0 unspecified atom stereocenters. The van der Waals surface area contributed by atoms with E-state index in [2.05, 4.69) is 30.3 Å². The molecule has 0 aliphatic carbocycles. The zero-order valence-corrected chi connectivity index (χ0v) is 15.2. The molecule has 0 amide bonds. The molecule has 2 heterocycles. The maximum Gasteiger partial charge on any atom is 0.149 e. The maximum atomic E-state index is 9.35. The van der Waals surface area contributed by atoms with Crippen molar-refractivity contribution >= 4 is 11.2 Å². The minimum absolute atomic E-state index is 0.392. The largest absolute Gasteiger partial charge is 0.497 e. The molecule has 0 aliphatic heterocycles. The highest BCUT2D eigenvalue weighted by atomic mass is 16.5. The number of nitrogens with zero attached hydrogens (tertiary/aromatic N) is 3. The monoisotopic (exact) mass is 350 g/mol. The van der Waals surface area contributed by atoms with E-state index in [1.165, 1.54) is 0 Å². The Labute approximate surface area is 153 Å². The number of ether oxygens (including phenoxy) is 2. The lowest BCUT2D eigenvalue weighted by molar-refractivity contribution is 0.308. The molecule has 0 saturated carbocycles. The van der Waals surface area contributed by atoms with E-state index in [0.29, 0.717) is 29.4 Å². The molecule has 1 aromatic carbocycles. The first-order chi connectivity index (χ1) is 12.6. The van der Waals surface area contributed by atoms with Crippen LogP contribution in [-0.4, -0.2) is 23.3 Å². The van der Waals surface area contributed by atoms with Gasteiger partial charge in [0.2, 0.25) is 0 Å². The molecule has 0 atom stereocenters. The number of benzene rings is 1. The van der Waals surface area contributed by atoms with Gasteiger partial charge in [0.25, 0.3) is 0 Å². The van der Waals surface area contributed by atoms with Gasteiger partial charge in [0.1, 0.15) is 35.3 Å². The first-order valence-corrected chi connectivity index (χ1v) is 8.51. The van der Waals surface area contributed by atoms with Gasteiger partial charge in [-0.2, -0.15) is 10.4 Å². The van der Waals surface area contributed by atoms with Gasteiger partial charge in [0.05, 0.1) is 25.2 Å². The van der Waals surface area contributed by atoms with Crippen LogP contribution in [-0.2, 0) is 6.61 Å². The van der Waals surface area contributed by atoms with Crippen molar-refractivity contribution < 1.29 is 9.47 Å². The van der Waals surface area contributed by atoms with Gasteiger partial charge in [-0.15, -0.1) is 0 Å². The third-order valence-corrected chi connectivity index (χ3v) is 3.97. The van der Waals surface area contributed by atoms with E-state index in [-0.39, 0.29) is 0 Å². The Morgan fingerprint density at radius 2 is 2.04 bits per heavy atom. The summed E-state index contributed by atoms with van der Waals surface area (Å²) in [6.07, 6.45) is 3.43. The SMILES string of the molecule is COc1ccc(COc2cc(NCC(C)C)cn3ncc(C#N)c23)cc1. The van der Waals surface area contributed by atoms with Gasteiger partial charge in [-0.3, -0.25) is 0 Å². The van der Waals surface area contributed by atoms with Crippen LogP contribution in [0.5, 0.6) is 11.5 Å². The number of fused-ring (bicyclic) bond motifs is 1. The second kappa shape index (κ2) is 7.79. The summed E-state index contributed by atoms with van der Waals surface area (Å²) in [6, 6.07) is 11.8. The predicted molar refractivity (Wildman–Crippen MR) is 101 cm³/mol. The normalized spacial score (nSPS) is 10.7. The van der Waals surface area contributed by atoms with Gasteiger partial charge >= 0.3 is 0 Å². The van der Waals surface area contributed by atoms with E-state index in [1.54, 1.807) is 17.8 Å². The Bertz CT molecular complexity index is 923. The van der Waals surface area contributed by atoms with E-state index < -0.39 is 0 Å². The second-order valence-corrected chi connectivity index (χ2v) is 6.47. The lowest BCUT2D eigenvalue weighted by Gasteiger charge is -2.13. The standard InChI is InChI=1S/C20H22N4O2/c1-14(2)10-22-17-8-19(20-16(9-21)11-23-24(20)12-17)26-13-15-4-6-18(25-3)7-5-15/h4-8,11-12,14,22H,10,13H2,1-3H3. The van der Waals surface area contributed by atoms with Crippen molar-refractivity contribution in [1.82, 2.24) is 9.61 Å². The molecule has 0 spiro atoms. The van der Waals surface area contributed by atoms with Crippen molar-refractivity contribution in [2.75, 3.05) is 19.0 Å². The third kappa shape index (κ3) is 3.89. The first kappa shape index (κ1) is 17.6. The fraction of sp³-hybridized carbons (Fsp3) is 0.300. The number of pyridine rings is 1. The highest BCUT2D eigenvalue weighted by Gasteiger charge is 2.13. The zero-order valence-electron chi connectivity index (χ0n) is 15.2. The van der Waals surface area contributed by atoms with Crippen molar-refractivity contribution in [3.63, 3.8) is 0 Å². The number of hydrogen-bond donors (Lipinski definition) is 1. The molecular formula is C20H22N4O2. The fourth-order valence-corrected chi connectivity index (χ4v) is 2.58.